The summed E-state index contributed by atoms with van der Waals surface area (Å²) in [5.41, 5.74) is 7.98. The van der Waals surface area contributed by atoms with Gasteiger partial charge >= 0.3 is 0 Å². The molecule has 1 atom stereocenters. The first-order valence-corrected chi connectivity index (χ1v) is 9.69. The van der Waals surface area contributed by atoms with Gasteiger partial charge in [-0.3, -0.25) is 14.4 Å². The van der Waals surface area contributed by atoms with Gasteiger partial charge in [-0.1, -0.05) is 24.3 Å². The monoisotopic (exact) mass is 366 g/mol. The molecule has 4 rings (SSSR count). The number of hydrogen-bond donors (Lipinski definition) is 1. The Balaban J connectivity index is 1.48. The van der Waals surface area contributed by atoms with Crippen molar-refractivity contribution in [3.8, 4) is 0 Å². The van der Waals surface area contributed by atoms with Gasteiger partial charge in [0, 0.05) is 29.9 Å². The number of thiophene rings is 1. The number of carbonyl (C=O) groups is 1. The van der Waals surface area contributed by atoms with E-state index in [1.165, 1.54) is 33.8 Å². The molecule has 6 heteroatoms. The van der Waals surface area contributed by atoms with Gasteiger partial charge in [0.15, 0.2) is 0 Å². The number of rotatable bonds is 6. The van der Waals surface area contributed by atoms with Crippen LogP contribution in [0.2, 0.25) is 0 Å². The van der Waals surface area contributed by atoms with E-state index in [0.717, 1.165) is 26.1 Å². The molecule has 0 bridgehead atoms. The van der Waals surface area contributed by atoms with Gasteiger partial charge in [0.1, 0.15) is 0 Å². The van der Waals surface area contributed by atoms with Gasteiger partial charge in [-0.05, 0) is 48.7 Å². The van der Waals surface area contributed by atoms with E-state index < -0.39 is 0 Å². The smallest absolute Gasteiger partial charge is 0.258 e. The fourth-order valence-electron chi connectivity index (χ4n) is 3.64. The molecule has 3 heterocycles. The zero-order valence-corrected chi connectivity index (χ0v) is 15.4. The van der Waals surface area contributed by atoms with Crippen LogP contribution in [0.1, 0.15) is 44.6 Å². The molecule has 1 aliphatic heterocycles. The SMILES string of the molecule is NC(=O)c1ccc(C2CCCN2Cc2cccc(Cn3cccn3)c2)s1. The number of likely N-dealkylation sites (tertiary alicyclic amines) is 1. The lowest BCUT2D eigenvalue weighted by Gasteiger charge is -2.24. The molecule has 5 nitrogen and oxygen atoms in total. The maximum absolute atomic E-state index is 11.4. The third-order valence-corrected chi connectivity index (χ3v) is 6.04. The molecule has 3 aromatic rings. The van der Waals surface area contributed by atoms with Crippen LogP contribution < -0.4 is 5.73 Å². The van der Waals surface area contributed by atoms with Crippen LogP contribution >= 0.6 is 11.3 Å². The topological polar surface area (TPSA) is 64.2 Å². The van der Waals surface area contributed by atoms with Gasteiger partial charge in [-0.15, -0.1) is 11.3 Å². The quantitative estimate of drug-likeness (QED) is 0.727. The predicted molar refractivity (Wildman–Crippen MR) is 103 cm³/mol. The predicted octanol–water partition coefficient (Wildman–Crippen LogP) is 3.43. The van der Waals surface area contributed by atoms with Crippen molar-refractivity contribution in [2.45, 2.75) is 32.0 Å². The van der Waals surface area contributed by atoms with Crippen molar-refractivity contribution in [1.82, 2.24) is 14.7 Å². The molecule has 1 saturated heterocycles. The zero-order valence-electron chi connectivity index (χ0n) is 14.5. The second-order valence-corrected chi connectivity index (χ2v) is 7.83. The Morgan fingerprint density at radius 2 is 2.04 bits per heavy atom. The maximum Gasteiger partial charge on any atom is 0.258 e. The zero-order chi connectivity index (χ0) is 17.9. The highest BCUT2D eigenvalue weighted by Gasteiger charge is 2.27. The second kappa shape index (κ2) is 7.43. The standard InChI is InChI=1S/C20H22N4OS/c21-20(25)19-8-7-18(26-19)17-6-2-10-23(17)13-15-4-1-5-16(12-15)14-24-11-3-9-22-24/h1,3-5,7-9,11-12,17H,2,6,10,13-14H2,(H2,21,25). The van der Waals surface area contributed by atoms with Gasteiger partial charge < -0.3 is 5.73 Å². The Bertz CT molecular complexity index is 887. The van der Waals surface area contributed by atoms with E-state index in [2.05, 4.69) is 40.3 Å². The molecule has 1 aromatic carbocycles. The van der Waals surface area contributed by atoms with Gasteiger partial charge in [-0.2, -0.15) is 5.10 Å². The third kappa shape index (κ3) is 3.71. The Hall–Kier alpha value is -2.44. The minimum Gasteiger partial charge on any atom is -0.365 e. The fraction of sp³-hybridized carbons (Fsp3) is 0.300. The lowest BCUT2D eigenvalue weighted by atomic mass is 10.1. The number of primary amides is 1. The summed E-state index contributed by atoms with van der Waals surface area (Å²) in [5.74, 6) is -0.336. The third-order valence-electron chi connectivity index (χ3n) is 4.84. The molecule has 1 unspecified atom stereocenters. The van der Waals surface area contributed by atoms with Gasteiger partial charge in [0.25, 0.3) is 5.91 Å². The first-order valence-electron chi connectivity index (χ1n) is 8.88. The van der Waals surface area contributed by atoms with Crippen LogP contribution in [-0.2, 0) is 13.1 Å². The van der Waals surface area contributed by atoms with E-state index >= 15 is 0 Å². The molecule has 2 aromatic heterocycles. The highest BCUT2D eigenvalue weighted by Crippen LogP contribution is 2.36. The summed E-state index contributed by atoms with van der Waals surface area (Å²) in [7, 11) is 0. The molecular formula is C20H22N4OS. The lowest BCUT2D eigenvalue weighted by Crippen LogP contribution is -2.22. The molecule has 0 aliphatic carbocycles. The molecule has 1 fully saturated rings. The molecule has 26 heavy (non-hydrogen) atoms. The fourth-order valence-corrected chi connectivity index (χ4v) is 4.67. The van der Waals surface area contributed by atoms with Gasteiger partial charge in [-0.25, -0.2) is 0 Å². The van der Waals surface area contributed by atoms with E-state index in [1.807, 2.05) is 23.0 Å². The van der Waals surface area contributed by atoms with Crippen LogP contribution in [0.15, 0.2) is 54.9 Å². The number of amides is 1. The van der Waals surface area contributed by atoms with Crippen LogP contribution in [0.4, 0.5) is 0 Å². The van der Waals surface area contributed by atoms with Crippen molar-refractivity contribution < 1.29 is 4.79 Å². The molecule has 0 spiro atoms. The van der Waals surface area contributed by atoms with Crippen LogP contribution in [0.25, 0.3) is 0 Å². The normalized spacial score (nSPS) is 17.6. The minimum atomic E-state index is -0.336. The Labute approximate surface area is 157 Å². The number of carbonyl (C=O) groups excluding carboxylic acids is 1. The summed E-state index contributed by atoms with van der Waals surface area (Å²) in [4.78, 5) is 15.8. The average Bonchev–Trinajstić information content (AvgIpc) is 3.36. The summed E-state index contributed by atoms with van der Waals surface area (Å²) in [5, 5.41) is 4.28. The lowest BCUT2D eigenvalue weighted by molar-refractivity contribution is 0.100. The average molecular weight is 366 g/mol. The summed E-state index contributed by atoms with van der Waals surface area (Å²) in [6, 6.07) is 14.9. The number of nitrogens with two attached hydrogens (primary N) is 1. The van der Waals surface area contributed by atoms with Crippen LogP contribution in [0.5, 0.6) is 0 Å². The molecule has 2 N–H and O–H groups in total. The van der Waals surface area contributed by atoms with Crippen molar-refractivity contribution in [1.29, 1.82) is 0 Å². The minimum absolute atomic E-state index is 0.336. The highest BCUT2D eigenvalue weighted by atomic mass is 32.1. The van der Waals surface area contributed by atoms with E-state index in [-0.39, 0.29) is 5.91 Å². The van der Waals surface area contributed by atoms with E-state index in [4.69, 9.17) is 5.73 Å². The summed E-state index contributed by atoms with van der Waals surface area (Å²) in [6.07, 6.45) is 6.10. The number of nitrogens with zero attached hydrogens (tertiary/aromatic N) is 3. The maximum atomic E-state index is 11.4. The number of hydrogen-bond acceptors (Lipinski definition) is 4. The second-order valence-electron chi connectivity index (χ2n) is 6.72. The number of benzene rings is 1. The number of aromatic nitrogens is 2. The Morgan fingerprint density at radius 3 is 2.77 bits per heavy atom. The first-order chi connectivity index (χ1) is 12.7. The summed E-state index contributed by atoms with van der Waals surface area (Å²) < 4.78 is 1.94. The molecule has 0 radical (unpaired) electrons. The van der Waals surface area contributed by atoms with Gasteiger partial charge in [0.2, 0.25) is 0 Å². The van der Waals surface area contributed by atoms with Crippen LogP contribution in [-0.4, -0.2) is 27.1 Å². The van der Waals surface area contributed by atoms with Crippen LogP contribution in [0.3, 0.4) is 0 Å². The molecule has 1 aliphatic rings. The largest absolute Gasteiger partial charge is 0.365 e. The molecule has 1 amide bonds. The molecular weight excluding hydrogens is 344 g/mol. The van der Waals surface area contributed by atoms with E-state index in [9.17, 15) is 4.79 Å². The van der Waals surface area contributed by atoms with Crippen molar-refractivity contribution in [3.63, 3.8) is 0 Å². The summed E-state index contributed by atoms with van der Waals surface area (Å²) in [6.45, 7) is 2.79. The van der Waals surface area contributed by atoms with Crippen molar-refractivity contribution in [2.75, 3.05) is 6.54 Å². The van der Waals surface area contributed by atoms with Crippen molar-refractivity contribution in [2.24, 2.45) is 5.73 Å². The van der Waals surface area contributed by atoms with Crippen molar-refractivity contribution in [3.05, 3.63) is 75.7 Å². The Morgan fingerprint density at radius 1 is 1.19 bits per heavy atom. The first kappa shape index (κ1) is 17.0. The molecule has 0 saturated carbocycles. The molecule has 134 valence electrons. The van der Waals surface area contributed by atoms with Crippen LogP contribution in [0, 0.1) is 0 Å². The van der Waals surface area contributed by atoms with E-state index in [1.54, 1.807) is 6.20 Å². The van der Waals surface area contributed by atoms with E-state index in [0.29, 0.717) is 10.9 Å². The van der Waals surface area contributed by atoms with Crippen molar-refractivity contribution >= 4 is 17.2 Å². The van der Waals surface area contributed by atoms with Gasteiger partial charge in [0.05, 0.1) is 11.4 Å². The highest BCUT2D eigenvalue weighted by molar-refractivity contribution is 7.14. The Kier molecular flexibility index (Phi) is 4.86. The summed E-state index contributed by atoms with van der Waals surface area (Å²) >= 11 is 1.53.